The van der Waals surface area contributed by atoms with Gasteiger partial charge in [0, 0.05) is 77.6 Å². The van der Waals surface area contributed by atoms with Gasteiger partial charge in [0.25, 0.3) is 0 Å². The highest BCUT2D eigenvalue weighted by molar-refractivity contribution is 5.61. The molecule has 0 unspecified atom stereocenters. The minimum absolute atomic E-state index is 0.137. The van der Waals surface area contributed by atoms with Crippen molar-refractivity contribution in [2.75, 3.05) is 74.9 Å². The zero-order chi connectivity index (χ0) is 27.8. The van der Waals surface area contributed by atoms with Crippen LogP contribution in [0.15, 0.2) is 41.0 Å². The number of furan rings is 1. The summed E-state index contributed by atoms with van der Waals surface area (Å²) in [4.78, 5) is 15.0. The lowest BCUT2D eigenvalue weighted by Crippen LogP contribution is -2.48. The van der Waals surface area contributed by atoms with Gasteiger partial charge in [0.1, 0.15) is 17.6 Å². The number of alkyl halides is 1. The number of likely N-dealkylation sites (N-methyl/N-ethyl adjacent to an activating group) is 1. The number of nitrogens with one attached hydrogen (secondary N) is 1. The minimum Gasteiger partial charge on any atom is -0.483 e. The molecule has 6 rings (SSSR count). The molecule has 2 aliphatic heterocycles. The van der Waals surface area contributed by atoms with Crippen LogP contribution in [0.5, 0.6) is 5.75 Å². The maximum atomic E-state index is 14.7. The van der Waals surface area contributed by atoms with E-state index < -0.39 is 23.9 Å². The van der Waals surface area contributed by atoms with E-state index in [-0.39, 0.29) is 30.5 Å². The summed E-state index contributed by atoms with van der Waals surface area (Å²) in [7, 11) is 1.89. The van der Waals surface area contributed by atoms with E-state index in [1.807, 2.05) is 22.9 Å². The maximum absolute atomic E-state index is 14.7. The van der Waals surface area contributed by atoms with Crippen molar-refractivity contribution < 1.29 is 22.3 Å². The molecule has 2 aliphatic rings. The highest BCUT2D eigenvalue weighted by Gasteiger charge is 2.30. The second-order valence-corrected chi connectivity index (χ2v) is 9.97. The number of nitrogen functional groups attached to an aromatic ring is 1. The second-order valence-electron chi connectivity index (χ2n) is 9.97. The summed E-state index contributed by atoms with van der Waals surface area (Å²) >= 11 is 0. The van der Waals surface area contributed by atoms with Gasteiger partial charge >= 0.3 is 0 Å². The fraction of sp³-hybridized carbons (Fsp3) is 0.423. The van der Waals surface area contributed by atoms with E-state index >= 15 is 0 Å². The molecular weight excluding hydrogens is 527 g/mol. The van der Waals surface area contributed by atoms with Crippen LogP contribution in [0.4, 0.5) is 30.8 Å². The molecule has 4 aromatic rings. The smallest absolute Gasteiger partial charge is 0.230 e. The molecule has 5 heterocycles. The molecule has 3 N–H and O–H groups in total. The van der Waals surface area contributed by atoms with Crippen LogP contribution in [0.1, 0.15) is 0 Å². The summed E-state index contributed by atoms with van der Waals surface area (Å²) in [5.41, 5.74) is 7.57. The van der Waals surface area contributed by atoms with Crippen LogP contribution in [-0.4, -0.2) is 96.2 Å². The average Bonchev–Trinajstić information content (AvgIpc) is 3.71. The molecule has 0 aliphatic carbocycles. The topological polar surface area (TPSA) is 113 Å². The predicted octanol–water partition coefficient (Wildman–Crippen LogP) is 2.19. The number of rotatable bonds is 8. The quantitative estimate of drug-likeness (QED) is 0.334. The van der Waals surface area contributed by atoms with Gasteiger partial charge in [-0.1, -0.05) is 0 Å². The number of nitrogens with zero attached hydrogens (tertiary/aromatic N) is 7. The van der Waals surface area contributed by atoms with E-state index in [0.717, 1.165) is 12.6 Å². The van der Waals surface area contributed by atoms with Gasteiger partial charge in [0.15, 0.2) is 29.1 Å². The van der Waals surface area contributed by atoms with E-state index in [4.69, 9.17) is 14.9 Å². The van der Waals surface area contributed by atoms with E-state index in [1.165, 1.54) is 10.6 Å². The van der Waals surface area contributed by atoms with E-state index in [0.29, 0.717) is 55.8 Å². The molecule has 3 aromatic heterocycles. The number of aromatic nitrogens is 4. The number of ether oxygens (including phenoxy) is 1. The van der Waals surface area contributed by atoms with Crippen molar-refractivity contribution in [3.8, 4) is 17.2 Å². The Morgan fingerprint density at radius 1 is 1.12 bits per heavy atom. The van der Waals surface area contributed by atoms with Gasteiger partial charge in [-0.15, -0.1) is 0 Å². The lowest BCUT2D eigenvalue weighted by Gasteiger charge is -2.37. The van der Waals surface area contributed by atoms with Crippen LogP contribution < -0.4 is 25.6 Å². The Balaban J connectivity index is 1.06. The fourth-order valence-corrected chi connectivity index (χ4v) is 4.97. The molecule has 212 valence electrons. The number of halogens is 3. The summed E-state index contributed by atoms with van der Waals surface area (Å²) in [5.74, 6) is -0.335. The Morgan fingerprint density at radius 2 is 1.95 bits per heavy atom. The van der Waals surface area contributed by atoms with Gasteiger partial charge in [-0.25, -0.2) is 13.2 Å². The molecule has 0 radical (unpaired) electrons. The molecule has 0 saturated carbocycles. The first-order valence-electron chi connectivity index (χ1n) is 13.1. The third kappa shape index (κ3) is 5.23. The summed E-state index contributed by atoms with van der Waals surface area (Å²) in [6.07, 6.45) is -0.460. The number of fused-ring (bicyclic) bond motifs is 1. The monoisotopic (exact) mass is 557 g/mol. The third-order valence-electron chi connectivity index (χ3n) is 7.28. The normalized spacial score (nSPS) is 19.9. The van der Waals surface area contributed by atoms with Crippen LogP contribution >= 0.6 is 0 Å². The molecule has 2 fully saturated rings. The number of anilines is 3. The van der Waals surface area contributed by atoms with Crippen molar-refractivity contribution in [3.05, 3.63) is 48.2 Å². The van der Waals surface area contributed by atoms with Crippen LogP contribution in [-0.2, 0) is 0 Å². The number of hydrogen-bond acceptors (Lipinski definition) is 10. The van der Waals surface area contributed by atoms with Crippen LogP contribution in [0.3, 0.4) is 0 Å². The van der Waals surface area contributed by atoms with Crippen molar-refractivity contribution in [2.45, 2.75) is 12.3 Å². The Kier molecular flexibility index (Phi) is 7.11. The van der Waals surface area contributed by atoms with E-state index in [9.17, 15) is 13.2 Å². The SMILES string of the molecule is CN(CCN1CCN(c2cc(O[C@H]3CNC[C@H]3F)c(F)cc2F)CC1)c1nc(N)n2nc(-c3ccco3)cc2n1. The molecule has 1 aromatic carbocycles. The fourth-order valence-electron chi connectivity index (χ4n) is 4.97. The first-order valence-corrected chi connectivity index (χ1v) is 13.1. The van der Waals surface area contributed by atoms with Crippen molar-refractivity contribution in [1.82, 2.24) is 29.8 Å². The van der Waals surface area contributed by atoms with Gasteiger partial charge in [-0.2, -0.15) is 19.6 Å². The van der Waals surface area contributed by atoms with Crippen molar-refractivity contribution in [2.24, 2.45) is 0 Å². The lowest BCUT2D eigenvalue weighted by atomic mass is 10.2. The van der Waals surface area contributed by atoms with Crippen molar-refractivity contribution in [3.63, 3.8) is 0 Å². The van der Waals surface area contributed by atoms with Crippen LogP contribution in [0.25, 0.3) is 17.1 Å². The Bertz CT molecular complexity index is 1470. The number of piperazine rings is 1. The largest absolute Gasteiger partial charge is 0.483 e. The van der Waals surface area contributed by atoms with Crippen molar-refractivity contribution in [1.29, 1.82) is 0 Å². The molecule has 0 bridgehead atoms. The highest BCUT2D eigenvalue weighted by Crippen LogP contribution is 2.30. The maximum Gasteiger partial charge on any atom is 0.230 e. The first-order chi connectivity index (χ1) is 19.4. The number of hydrogen-bond donors (Lipinski definition) is 2. The van der Waals surface area contributed by atoms with E-state index in [2.05, 4.69) is 25.3 Å². The number of benzene rings is 1. The zero-order valence-electron chi connectivity index (χ0n) is 21.9. The minimum atomic E-state index is -1.24. The van der Waals surface area contributed by atoms with Gasteiger partial charge in [0.05, 0.1) is 12.0 Å². The predicted molar refractivity (Wildman–Crippen MR) is 143 cm³/mol. The second kappa shape index (κ2) is 10.8. The van der Waals surface area contributed by atoms with Crippen LogP contribution in [0, 0.1) is 11.6 Å². The summed E-state index contributed by atoms with van der Waals surface area (Å²) in [5, 5.41) is 7.28. The molecule has 40 heavy (non-hydrogen) atoms. The Labute approximate surface area is 228 Å². The van der Waals surface area contributed by atoms with Crippen LogP contribution in [0.2, 0.25) is 0 Å². The third-order valence-corrected chi connectivity index (χ3v) is 7.28. The number of nitrogens with two attached hydrogens (primary N) is 1. The molecule has 2 saturated heterocycles. The Hall–Kier alpha value is -4.04. The molecular formula is C26H30F3N9O2. The molecule has 2 atom stereocenters. The lowest BCUT2D eigenvalue weighted by molar-refractivity contribution is 0.134. The standard InChI is InChI=1S/C26H30F3N9O2/c1-35(26-32-24-12-19(21-3-2-10-39-21)34-38(24)25(30)33-26)4-5-36-6-8-37(9-7-36)20-13-22(17(28)11-16(20)27)40-23-15-31-14-18(23)29/h2-3,10-13,18,23,31H,4-9,14-15H2,1H3,(H2,30,32,33)/t18-,23+/m1/s1. The van der Waals surface area contributed by atoms with Crippen molar-refractivity contribution >= 4 is 23.2 Å². The van der Waals surface area contributed by atoms with E-state index in [1.54, 1.807) is 18.4 Å². The summed E-state index contributed by atoms with van der Waals surface area (Å²) in [6, 6.07) is 7.53. The molecule has 0 amide bonds. The van der Waals surface area contributed by atoms with Gasteiger partial charge < -0.3 is 30.0 Å². The highest BCUT2D eigenvalue weighted by atomic mass is 19.1. The summed E-state index contributed by atoms with van der Waals surface area (Å²) in [6.45, 7) is 4.24. The van der Waals surface area contributed by atoms with Gasteiger partial charge in [0.2, 0.25) is 11.9 Å². The Morgan fingerprint density at radius 3 is 2.67 bits per heavy atom. The van der Waals surface area contributed by atoms with Gasteiger partial charge in [-0.3, -0.25) is 4.90 Å². The zero-order valence-corrected chi connectivity index (χ0v) is 21.9. The first kappa shape index (κ1) is 26.2. The van der Waals surface area contributed by atoms with Gasteiger partial charge in [-0.05, 0) is 12.1 Å². The molecule has 11 nitrogen and oxygen atoms in total. The average molecular weight is 558 g/mol. The molecule has 0 spiro atoms. The summed E-state index contributed by atoms with van der Waals surface area (Å²) < 4.78 is 55.4. The molecule has 14 heteroatoms.